The SMILES string of the molecule is CNc1ncnc2c1ccn2COCCS(C)(C)C. The first-order valence-electron chi connectivity index (χ1n) is 6.22. The summed E-state index contributed by atoms with van der Waals surface area (Å²) < 4.78 is 7.75. The van der Waals surface area contributed by atoms with Crippen molar-refractivity contribution in [2.45, 2.75) is 6.73 Å². The zero-order valence-corrected chi connectivity index (χ0v) is 12.8. The highest BCUT2D eigenvalue weighted by molar-refractivity contribution is 8.32. The van der Waals surface area contributed by atoms with E-state index in [9.17, 15) is 0 Å². The molecule has 2 rings (SSSR count). The molecule has 1 N–H and O–H groups in total. The van der Waals surface area contributed by atoms with Crippen molar-refractivity contribution in [1.29, 1.82) is 0 Å². The number of nitrogens with one attached hydrogen (secondary N) is 1. The highest BCUT2D eigenvalue weighted by Crippen LogP contribution is 2.33. The maximum Gasteiger partial charge on any atom is 0.147 e. The smallest absolute Gasteiger partial charge is 0.147 e. The number of rotatable bonds is 6. The fraction of sp³-hybridized carbons (Fsp3) is 0.538. The molecule has 0 saturated carbocycles. The third-order valence-electron chi connectivity index (χ3n) is 2.86. The fourth-order valence-electron chi connectivity index (χ4n) is 1.78. The predicted octanol–water partition coefficient (Wildman–Crippen LogP) is 2.14. The van der Waals surface area contributed by atoms with Crippen molar-refractivity contribution in [1.82, 2.24) is 14.5 Å². The van der Waals surface area contributed by atoms with Crippen LogP contribution in [0.4, 0.5) is 5.82 Å². The van der Waals surface area contributed by atoms with Crippen LogP contribution in [0.25, 0.3) is 11.0 Å². The molecule has 0 bridgehead atoms. The van der Waals surface area contributed by atoms with Crippen LogP contribution < -0.4 is 5.32 Å². The van der Waals surface area contributed by atoms with Crippen molar-refractivity contribution >= 4 is 26.9 Å². The lowest BCUT2D eigenvalue weighted by atomic mass is 10.4. The summed E-state index contributed by atoms with van der Waals surface area (Å²) in [5.41, 5.74) is 0.905. The van der Waals surface area contributed by atoms with E-state index in [4.69, 9.17) is 4.74 Å². The van der Waals surface area contributed by atoms with E-state index in [0.29, 0.717) is 6.73 Å². The van der Waals surface area contributed by atoms with E-state index in [-0.39, 0.29) is 0 Å². The van der Waals surface area contributed by atoms with Gasteiger partial charge >= 0.3 is 0 Å². The molecular formula is C13H22N4OS. The van der Waals surface area contributed by atoms with Crippen molar-refractivity contribution in [3.63, 3.8) is 0 Å². The van der Waals surface area contributed by atoms with E-state index in [1.54, 1.807) is 6.33 Å². The zero-order valence-electron chi connectivity index (χ0n) is 12.0. The summed E-state index contributed by atoms with van der Waals surface area (Å²) in [6, 6.07) is 2.01. The molecule has 0 saturated heterocycles. The number of hydrogen-bond donors (Lipinski definition) is 1. The van der Waals surface area contributed by atoms with Crippen LogP contribution in [0.2, 0.25) is 0 Å². The first-order chi connectivity index (χ1) is 9.01. The van der Waals surface area contributed by atoms with E-state index < -0.39 is 10.0 Å². The molecule has 0 aliphatic heterocycles. The van der Waals surface area contributed by atoms with Gasteiger partial charge in [-0.25, -0.2) is 20.0 Å². The van der Waals surface area contributed by atoms with Gasteiger partial charge in [0, 0.05) is 19.0 Å². The molecule has 0 unspecified atom stereocenters. The molecular weight excluding hydrogens is 260 g/mol. The van der Waals surface area contributed by atoms with Crippen LogP contribution in [0.3, 0.4) is 0 Å². The predicted molar refractivity (Wildman–Crippen MR) is 83.3 cm³/mol. The maximum absolute atomic E-state index is 5.74. The van der Waals surface area contributed by atoms with Crippen LogP contribution in [0.5, 0.6) is 0 Å². The summed E-state index contributed by atoms with van der Waals surface area (Å²) in [5.74, 6) is 1.98. The lowest BCUT2D eigenvalue weighted by Gasteiger charge is -2.24. The number of ether oxygens (including phenoxy) is 1. The molecule has 19 heavy (non-hydrogen) atoms. The van der Waals surface area contributed by atoms with E-state index in [0.717, 1.165) is 29.2 Å². The van der Waals surface area contributed by atoms with Crippen LogP contribution in [0.1, 0.15) is 0 Å². The van der Waals surface area contributed by atoms with Gasteiger partial charge in [0.25, 0.3) is 0 Å². The molecule has 2 heterocycles. The summed E-state index contributed by atoms with van der Waals surface area (Å²) in [6.07, 6.45) is 10.5. The van der Waals surface area contributed by atoms with Gasteiger partial charge < -0.3 is 14.6 Å². The first kappa shape index (κ1) is 14.1. The quantitative estimate of drug-likeness (QED) is 0.825. The molecule has 0 radical (unpaired) electrons. The van der Waals surface area contributed by atoms with Crippen molar-refractivity contribution < 1.29 is 4.74 Å². The number of fused-ring (bicyclic) bond motifs is 1. The molecule has 106 valence electrons. The molecule has 0 fully saturated rings. The molecule has 6 heteroatoms. The molecule has 5 nitrogen and oxygen atoms in total. The minimum absolute atomic E-state index is 0.488. The number of nitrogens with zero attached hydrogens (tertiary/aromatic N) is 3. The molecule has 0 aliphatic carbocycles. The molecule has 0 atom stereocenters. The number of hydrogen-bond acceptors (Lipinski definition) is 4. The van der Waals surface area contributed by atoms with Gasteiger partial charge in [0.1, 0.15) is 24.5 Å². The summed E-state index contributed by atoms with van der Waals surface area (Å²) in [5, 5.41) is 4.09. The Bertz CT molecular complexity index is 547. The van der Waals surface area contributed by atoms with Gasteiger partial charge in [-0.15, -0.1) is 0 Å². The van der Waals surface area contributed by atoms with Crippen molar-refractivity contribution in [2.75, 3.05) is 43.5 Å². The second-order valence-electron chi connectivity index (χ2n) is 5.33. The lowest BCUT2D eigenvalue weighted by Crippen LogP contribution is -2.09. The Morgan fingerprint density at radius 3 is 2.79 bits per heavy atom. The van der Waals surface area contributed by atoms with E-state index in [2.05, 4.69) is 34.1 Å². The minimum atomic E-state index is -0.488. The van der Waals surface area contributed by atoms with Crippen LogP contribution in [-0.4, -0.2) is 52.7 Å². The van der Waals surface area contributed by atoms with Crippen LogP contribution >= 0.6 is 10.0 Å². The molecule has 0 aliphatic rings. The van der Waals surface area contributed by atoms with E-state index >= 15 is 0 Å². The van der Waals surface area contributed by atoms with Gasteiger partial charge in [-0.3, -0.25) is 0 Å². The average Bonchev–Trinajstić information content (AvgIpc) is 2.76. The van der Waals surface area contributed by atoms with Gasteiger partial charge in [0.05, 0.1) is 12.0 Å². The van der Waals surface area contributed by atoms with Crippen molar-refractivity contribution in [3.8, 4) is 0 Å². The molecule has 0 amide bonds. The topological polar surface area (TPSA) is 52.0 Å². The van der Waals surface area contributed by atoms with E-state index in [1.807, 2.05) is 23.9 Å². The van der Waals surface area contributed by atoms with Gasteiger partial charge in [0.15, 0.2) is 0 Å². The van der Waals surface area contributed by atoms with Crippen molar-refractivity contribution in [2.24, 2.45) is 0 Å². The maximum atomic E-state index is 5.74. The van der Waals surface area contributed by atoms with Gasteiger partial charge in [-0.05, 0) is 24.8 Å². The first-order valence-corrected chi connectivity index (χ1v) is 9.25. The Morgan fingerprint density at radius 2 is 2.11 bits per heavy atom. The van der Waals surface area contributed by atoms with Crippen molar-refractivity contribution in [3.05, 3.63) is 18.6 Å². The average molecular weight is 282 g/mol. The Morgan fingerprint density at radius 1 is 1.32 bits per heavy atom. The second kappa shape index (κ2) is 5.79. The molecule has 2 aromatic rings. The largest absolute Gasteiger partial charge is 0.372 e. The summed E-state index contributed by atoms with van der Waals surface area (Å²) in [4.78, 5) is 8.51. The third kappa shape index (κ3) is 3.61. The Labute approximate surface area is 115 Å². The van der Waals surface area contributed by atoms with Gasteiger partial charge in [0.2, 0.25) is 0 Å². The summed E-state index contributed by atoms with van der Waals surface area (Å²) in [6.45, 7) is 1.33. The van der Waals surface area contributed by atoms with Gasteiger partial charge in [-0.1, -0.05) is 0 Å². The Kier molecular flexibility index (Phi) is 4.31. The van der Waals surface area contributed by atoms with E-state index in [1.165, 1.54) is 0 Å². The highest BCUT2D eigenvalue weighted by atomic mass is 32.3. The molecule has 2 aromatic heterocycles. The molecule has 0 spiro atoms. The minimum Gasteiger partial charge on any atom is -0.372 e. The van der Waals surface area contributed by atoms with Gasteiger partial charge in [-0.2, -0.15) is 0 Å². The number of anilines is 1. The standard InChI is InChI=1S/C13H22N4OS/c1-14-12-11-5-6-17(13(11)16-9-15-12)10-18-7-8-19(2,3)4/h5-6,9H,7-8,10H2,1-4H3,(H,14,15,16). The second-order valence-corrected chi connectivity index (χ2v) is 9.92. The number of aromatic nitrogens is 3. The normalized spacial score (nSPS) is 12.8. The van der Waals surface area contributed by atoms with Crippen LogP contribution in [0, 0.1) is 0 Å². The lowest BCUT2D eigenvalue weighted by molar-refractivity contribution is 0.0923. The Hall–Kier alpha value is -1.27. The highest BCUT2D eigenvalue weighted by Gasteiger charge is 2.07. The Balaban J connectivity index is 2.02. The monoisotopic (exact) mass is 282 g/mol. The summed E-state index contributed by atoms with van der Waals surface area (Å²) in [7, 11) is 1.37. The third-order valence-corrected chi connectivity index (χ3v) is 4.25. The molecule has 0 aromatic carbocycles. The van der Waals surface area contributed by atoms with Crippen LogP contribution in [0.15, 0.2) is 18.6 Å². The van der Waals surface area contributed by atoms with Crippen LogP contribution in [-0.2, 0) is 11.5 Å². The zero-order chi connectivity index (χ0) is 13.9. The summed E-state index contributed by atoms with van der Waals surface area (Å²) >= 11 is 0. The fourth-order valence-corrected chi connectivity index (χ4v) is 2.40.